The second-order valence-electron chi connectivity index (χ2n) is 7.07. The molecule has 0 aromatic heterocycles. The Bertz CT molecular complexity index is 247. The van der Waals surface area contributed by atoms with Crippen LogP contribution in [0.4, 0.5) is 0 Å². The van der Waals surface area contributed by atoms with Gasteiger partial charge in [0.15, 0.2) is 0 Å². The Labute approximate surface area is 156 Å². The Kier molecular flexibility index (Phi) is 18.5. The molecular weight excluding hydrogens is 340 g/mol. The molecule has 0 spiro atoms. The lowest BCUT2D eigenvalue weighted by Crippen LogP contribution is -2.14. The van der Waals surface area contributed by atoms with Gasteiger partial charge in [-0.05, 0) is 19.4 Å². The minimum Gasteiger partial charge on any atom is -0.379 e. The highest BCUT2D eigenvalue weighted by Crippen LogP contribution is 2.19. The molecule has 0 bridgehead atoms. The number of hydrogen-bond acceptors (Lipinski definition) is 3. The Balaban J connectivity index is 3.00. The van der Waals surface area contributed by atoms with Crippen LogP contribution in [0.25, 0.3) is 0 Å². The zero-order valence-corrected chi connectivity index (χ0v) is 18.2. The number of unbranched alkanes of at least 4 members (excludes halogenated alkanes) is 8. The fourth-order valence-corrected chi connectivity index (χ4v) is 4.06. The summed E-state index contributed by atoms with van der Waals surface area (Å²) in [7, 11) is -1.32. The third-order valence-electron chi connectivity index (χ3n) is 4.01. The summed E-state index contributed by atoms with van der Waals surface area (Å²) in [6.45, 7) is 10.8. The van der Waals surface area contributed by atoms with Crippen molar-refractivity contribution in [2.45, 2.75) is 83.8 Å². The Morgan fingerprint density at radius 3 is 1.50 bits per heavy atom. The Morgan fingerprint density at radius 2 is 1.00 bits per heavy atom. The van der Waals surface area contributed by atoms with Gasteiger partial charge in [0, 0.05) is 13.2 Å². The first-order chi connectivity index (χ1) is 11.6. The van der Waals surface area contributed by atoms with E-state index in [4.69, 9.17) is 25.3 Å². The van der Waals surface area contributed by atoms with E-state index in [1.165, 1.54) is 63.8 Å². The molecule has 0 atom stereocenters. The highest BCUT2D eigenvalue weighted by Gasteiger charge is 2.15. The van der Waals surface area contributed by atoms with Crippen molar-refractivity contribution in [3.63, 3.8) is 0 Å². The van der Waals surface area contributed by atoms with E-state index in [1.807, 2.05) is 6.92 Å². The van der Waals surface area contributed by atoms with Gasteiger partial charge in [0.25, 0.3) is 0 Å². The maximum atomic E-state index is 6.33. The maximum absolute atomic E-state index is 6.33. The zero-order valence-electron chi connectivity index (χ0n) is 16.4. The molecular formula is C19H41ClO3Si. The van der Waals surface area contributed by atoms with Crippen molar-refractivity contribution in [1.82, 2.24) is 0 Å². The van der Waals surface area contributed by atoms with Gasteiger partial charge < -0.3 is 14.2 Å². The quantitative estimate of drug-likeness (QED) is 0.156. The largest absolute Gasteiger partial charge is 0.379 e. The van der Waals surface area contributed by atoms with Gasteiger partial charge in [-0.1, -0.05) is 64.5 Å². The minimum absolute atomic E-state index is 0.669. The normalized spacial score (nSPS) is 12.0. The Hall–Kier alpha value is 0.387. The molecule has 3 nitrogen and oxygen atoms in total. The molecule has 0 unspecified atom stereocenters. The summed E-state index contributed by atoms with van der Waals surface area (Å²) in [6, 6.07) is 1.27. The van der Waals surface area contributed by atoms with Crippen LogP contribution in [0.2, 0.25) is 19.1 Å². The van der Waals surface area contributed by atoms with Gasteiger partial charge >= 0.3 is 0 Å². The monoisotopic (exact) mass is 380 g/mol. The van der Waals surface area contributed by atoms with E-state index in [-0.39, 0.29) is 0 Å². The van der Waals surface area contributed by atoms with E-state index in [0.717, 1.165) is 13.2 Å². The molecule has 0 amide bonds. The second-order valence-corrected chi connectivity index (χ2v) is 14.1. The van der Waals surface area contributed by atoms with Crippen LogP contribution >= 0.6 is 11.1 Å². The predicted octanol–water partition coefficient (Wildman–Crippen LogP) is 6.01. The number of ether oxygens (including phenoxy) is 3. The average Bonchev–Trinajstić information content (AvgIpc) is 2.52. The topological polar surface area (TPSA) is 27.7 Å². The number of halogens is 1. The van der Waals surface area contributed by atoms with Crippen LogP contribution in [0.15, 0.2) is 0 Å². The molecule has 0 N–H and O–H groups in total. The van der Waals surface area contributed by atoms with Crippen molar-refractivity contribution in [3.8, 4) is 0 Å². The van der Waals surface area contributed by atoms with Crippen LogP contribution in [-0.4, -0.2) is 47.0 Å². The third kappa shape index (κ3) is 22.4. The summed E-state index contributed by atoms with van der Waals surface area (Å²) in [4.78, 5) is 0. The summed E-state index contributed by atoms with van der Waals surface area (Å²) in [5.74, 6) is 0. The van der Waals surface area contributed by atoms with Crippen molar-refractivity contribution >= 4 is 18.5 Å². The van der Waals surface area contributed by atoms with Crippen molar-refractivity contribution < 1.29 is 14.2 Å². The first-order valence-corrected chi connectivity index (χ1v) is 14.2. The molecule has 0 aromatic carbocycles. The fourth-order valence-electron chi connectivity index (χ4n) is 2.57. The van der Waals surface area contributed by atoms with Crippen LogP contribution in [0.3, 0.4) is 0 Å². The molecule has 0 aliphatic heterocycles. The van der Waals surface area contributed by atoms with Gasteiger partial charge in [-0.3, -0.25) is 0 Å². The summed E-state index contributed by atoms with van der Waals surface area (Å²) >= 11 is 6.33. The number of rotatable bonds is 19. The lowest BCUT2D eigenvalue weighted by molar-refractivity contribution is 0.0162. The van der Waals surface area contributed by atoms with E-state index in [0.29, 0.717) is 26.4 Å². The van der Waals surface area contributed by atoms with Crippen molar-refractivity contribution in [2.75, 3.05) is 39.6 Å². The van der Waals surface area contributed by atoms with E-state index in [1.54, 1.807) is 0 Å². The number of hydrogen-bond donors (Lipinski definition) is 0. The SMILES string of the molecule is CCOCCOCCOCCCCCCCCCCC[Si](C)(C)Cl. The highest BCUT2D eigenvalue weighted by atomic mass is 35.6. The van der Waals surface area contributed by atoms with Crippen LogP contribution in [0, 0.1) is 0 Å². The summed E-state index contributed by atoms with van der Waals surface area (Å²) in [5.41, 5.74) is 0. The lowest BCUT2D eigenvalue weighted by atomic mass is 10.1. The molecule has 146 valence electrons. The van der Waals surface area contributed by atoms with E-state index >= 15 is 0 Å². The highest BCUT2D eigenvalue weighted by molar-refractivity contribution is 7.19. The van der Waals surface area contributed by atoms with E-state index in [9.17, 15) is 0 Å². The van der Waals surface area contributed by atoms with Crippen molar-refractivity contribution in [2.24, 2.45) is 0 Å². The zero-order chi connectivity index (χ0) is 17.9. The molecule has 0 rings (SSSR count). The molecule has 0 fully saturated rings. The van der Waals surface area contributed by atoms with E-state index in [2.05, 4.69) is 13.1 Å². The summed E-state index contributed by atoms with van der Waals surface area (Å²) in [5, 5.41) is 0. The standard InChI is InChI=1S/C19H41ClO3Si/c1-4-21-15-16-23-18-17-22-14-12-10-8-6-5-7-9-11-13-19-24(2,3)20/h4-19H2,1-3H3. The molecule has 0 aliphatic carbocycles. The average molecular weight is 381 g/mol. The molecule has 0 aromatic rings. The van der Waals surface area contributed by atoms with Gasteiger partial charge in [-0.2, -0.15) is 11.1 Å². The Morgan fingerprint density at radius 1 is 0.583 bits per heavy atom. The van der Waals surface area contributed by atoms with Gasteiger partial charge in [-0.25, -0.2) is 0 Å². The van der Waals surface area contributed by atoms with Gasteiger partial charge in [0.2, 0.25) is 0 Å². The third-order valence-corrected chi connectivity index (χ3v) is 6.12. The van der Waals surface area contributed by atoms with Crippen LogP contribution in [-0.2, 0) is 14.2 Å². The predicted molar refractivity (Wildman–Crippen MR) is 108 cm³/mol. The first-order valence-electron chi connectivity index (χ1n) is 9.98. The van der Waals surface area contributed by atoms with Gasteiger partial charge in [0.1, 0.15) is 7.38 Å². The van der Waals surface area contributed by atoms with Crippen molar-refractivity contribution in [3.05, 3.63) is 0 Å². The van der Waals surface area contributed by atoms with Crippen molar-refractivity contribution in [1.29, 1.82) is 0 Å². The molecule has 0 aliphatic rings. The summed E-state index contributed by atoms with van der Waals surface area (Å²) < 4.78 is 16.2. The van der Waals surface area contributed by atoms with Crippen LogP contribution < -0.4 is 0 Å². The van der Waals surface area contributed by atoms with E-state index < -0.39 is 7.38 Å². The van der Waals surface area contributed by atoms with Crippen LogP contribution in [0.5, 0.6) is 0 Å². The molecule has 0 saturated heterocycles. The fraction of sp³-hybridized carbons (Fsp3) is 1.00. The molecule has 24 heavy (non-hydrogen) atoms. The first kappa shape index (κ1) is 24.4. The minimum atomic E-state index is -1.32. The maximum Gasteiger partial charge on any atom is 0.150 e. The molecule has 5 heteroatoms. The molecule has 0 radical (unpaired) electrons. The van der Waals surface area contributed by atoms with Crippen LogP contribution in [0.1, 0.15) is 64.7 Å². The summed E-state index contributed by atoms with van der Waals surface area (Å²) in [6.07, 6.45) is 12.0. The smallest absolute Gasteiger partial charge is 0.150 e. The van der Waals surface area contributed by atoms with Gasteiger partial charge in [0.05, 0.1) is 26.4 Å². The molecule has 0 heterocycles. The molecule has 0 saturated carbocycles. The lowest BCUT2D eigenvalue weighted by Gasteiger charge is -2.11. The second kappa shape index (κ2) is 18.2. The van der Waals surface area contributed by atoms with Gasteiger partial charge in [-0.15, -0.1) is 0 Å².